The summed E-state index contributed by atoms with van der Waals surface area (Å²) in [7, 11) is 0. The van der Waals surface area contributed by atoms with Gasteiger partial charge in [-0.15, -0.1) is 0 Å². The van der Waals surface area contributed by atoms with E-state index < -0.39 is 246 Å². The first-order valence-electron chi connectivity index (χ1n) is 31.7. The Bertz CT molecular complexity index is 3120. The summed E-state index contributed by atoms with van der Waals surface area (Å²) in [6.45, 7) is -0.318. The summed E-state index contributed by atoms with van der Waals surface area (Å²) in [5.74, 6) is -9.74. The number of carbonyl (C=O) groups excluding carboxylic acids is 7. The van der Waals surface area contributed by atoms with E-state index in [9.17, 15) is 90.4 Å². The van der Waals surface area contributed by atoms with Crippen molar-refractivity contribution >= 4 is 53.3 Å². The van der Waals surface area contributed by atoms with Gasteiger partial charge in [-0.05, 0) is 35.6 Å². The summed E-state index contributed by atoms with van der Waals surface area (Å²) in [6, 6.07) is 0.747. The van der Waals surface area contributed by atoms with Crippen molar-refractivity contribution in [3.05, 3.63) is 65.7 Å². The van der Waals surface area contributed by atoms with Crippen LogP contribution in [0, 0.1) is 5.92 Å². The van der Waals surface area contributed by atoms with Crippen molar-refractivity contribution in [2.24, 2.45) is 27.4 Å². The number of esters is 1. The van der Waals surface area contributed by atoms with Gasteiger partial charge < -0.3 is 148 Å². The smallest absolute Gasteiger partial charge is 0.306 e. The van der Waals surface area contributed by atoms with Crippen LogP contribution in [0.15, 0.2) is 64.6 Å². The van der Waals surface area contributed by atoms with Gasteiger partial charge in [-0.25, -0.2) is 0 Å². The highest BCUT2D eigenvalue weighted by molar-refractivity contribution is 5.98. The van der Waals surface area contributed by atoms with Crippen LogP contribution >= 0.6 is 0 Å². The third-order valence-electron chi connectivity index (χ3n) is 17.7. The first kappa shape index (κ1) is 76.1. The summed E-state index contributed by atoms with van der Waals surface area (Å²) in [5, 5.41) is 160. The topological polar surface area (TPSA) is 602 Å². The van der Waals surface area contributed by atoms with Gasteiger partial charge in [0.25, 0.3) is 0 Å². The molecule has 0 radical (unpaired) electrons. The number of aliphatic imine (C=N–C) groups is 2. The fourth-order valence-corrected chi connectivity index (χ4v) is 11.9. The minimum absolute atomic E-state index is 0.0751. The number of rotatable bonds is 21. The average Bonchev–Trinajstić information content (AvgIpc) is 1.42. The molecule has 98 heavy (non-hydrogen) atoms. The number of nitrogens with one attached hydrogen (secondary N) is 7. The number of carbonyl (C=O) groups is 7. The van der Waals surface area contributed by atoms with Gasteiger partial charge in [0.2, 0.25) is 41.7 Å². The maximum Gasteiger partial charge on any atom is 0.306 e. The van der Waals surface area contributed by atoms with E-state index in [2.05, 4.69) is 47.2 Å². The van der Waals surface area contributed by atoms with Crippen molar-refractivity contribution < 1.29 is 128 Å². The Balaban J connectivity index is 1.08. The van der Waals surface area contributed by atoms with Crippen molar-refractivity contribution in [3.63, 3.8) is 0 Å². The minimum Gasteiger partial charge on any atom is -0.462 e. The van der Waals surface area contributed by atoms with Gasteiger partial charge in [0.15, 0.2) is 30.5 Å². The Kier molecular flexibility index (Phi) is 26.4. The van der Waals surface area contributed by atoms with Crippen LogP contribution in [-0.2, 0) is 63.7 Å². The lowest BCUT2D eigenvalue weighted by atomic mass is 9.92. The van der Waals surface area contributed by atoms with E-state index in [0.29, 0.717) is 12.0 Å². The van der Waals surface area contributed by atoms with Gasteiger partial charge in [0, 0.05) is 18.8 Å². The van der Waals surface area contributed by atoms with E-state index in [0.717, 1.165) is 4.90 Å². The minimum atomic E-state index is -2.35. The normalized spacial score (nSPS) is 35.7. The van der Waals surface area contributed by atoms with Gasteiger partial charge in [-0.1, -0.05) is 63.2 Å². The first-order valence-corrected chi connectivity index (χ1v) is 31.7. The second kappa shape index (κ2) is 34.0. The van der Waals surface area contributed by atoms with Crippen molar-refractivity contribution in [1.29, 1.82) is 0 Å². The second-order valence-electron chi connectivity index (χ2n) is 25.0. The van der Waals surface area contributed by atoms with Crippen molar-refractivity contribution in [2.45, 2.75) is 193 Å². The molecule has 0 aromatic heterocycles. The molecule has 0 bridgehead atoms. The zero-order valence-corrected chi connectivity index (χ0v) is 53.4. The largest absolute Gasteiger partial charge is 0.462 e. The van der Waals surface area contributed by atoms with Crippen LogP contribution < -0.4 is 53.4 Å². The number of guanidine groups is 2. The zero-order chi connectivity index (χ0) is 71.6. The van der Waals surface area contributed by atoms with Gasteiger partial charge in [-0.3, -0.25) is 43.5 Å². The molecule has 25 atom stereocenters. The molecule has 6 aliphatic heterocycles. The summed E-state index contributed by atoms with van der Waals surface area (Å²) < 4.78 is 34.2. The van der Waals surface area contributed by atoms with Crippen LogP contribution in [0.4, 0.5) is 0 Å². The van der Waals surface area contributed by atoms with Crippen LogP contribution in [0.5, 0.6) is 5.75 Å². The number of aliphatic hydroxyl groups excluding tert-OH is 13. The molecular weight excluding hydrogens is 1300 g/mol. The first-order chi connectivity index (χ1) is 46.6. The highest BCUT2D eigenvalue weighted by Gasteiger charge is 2.55. The van der Waals surface area contributed by atoms with Gasteiger partial charge >= 0.3 is 5.97 Å². The van der Waals surface area contributed by atoms with Gasteiger partial charge in [-0.2, -0.15) is 0 Å². The third-order valence-corrected chi connectivity index (χ3v) is 17.7. The summed E-state index contributed by atoms with van der Waals surface area (Å²) >= 11 is 0. The molecule has 6 heterocycles. The van der Waals surface area contributed by atoms with Crippen LogP contribution in [-0.4, -0.2) is 317 Å². The fraction of sp³-hybridized carbons (Fsp3) is 0.650. The number of amides is 6. The predicted molar refractivity (Wildman–Crippen MR) is 331 cm³/mol. The number of hydrogen-bond donors (Lipinski definition) is 22. The summed E-state index contributed by atoms with van der Waals surface area (Å²) in [5.41, 5.74) is 12.8. The summed E-state index contributed by atoms with van der Waals surface area (Å²) in [4.78, 5) is 109. The quantitative estimate of drug-likeness (QED) is 0.0516. The van der Waals surface area contributed by atoms with Crippen molar-refractivity contribution in [3.8, 4) is 5.75 Å². The van der Waals surface area contributed by atoms with E-state index in [-0.39, 0.29) is 36.2 Å². The molecule has 2 aromatic carbocycles. The average molecular weight is 1390 g/mol. The molecular formula is C60H88N12O26. The van der Waals surface area contributed by atoms with E-state index in [1.807, 2.05) is 13.8 Å². The monoisotopic (exact) mass is 1390 g/mol. The van der Waals surface area contributed by atoms with Crippen LogP contribution in [0.2, 0.25) is 0 Å². The molecule has 8 rings (SSSR count). The molecule has 5 unspecified atom stereocenters. The molecule has 6 aliphatic rings. The summed E-state index contributed by atoms with van der Waals surface area (Å²) in [6.07, 6.45) is -31.5. The highest BCUT2D eigenvalue weighted by atomic mass is 16.7. The van der Waals surface area contributed by atoms with Crippen LogP contribution in [0.25, 0.3) is 0 Å². The lowest BCUT2D eigenvalue weighted by Gasteiger charge is -2.46. The Morgan fingerprint density at radius 2 is 1.21 bits per heavy atom. The maximum absolute atomic E-state index is 15.2. The molecule has 2 aromatic rings. The van der Waals surface area contributed by atoms with Crippen LogP contribution in [0.1, 0.15) is 50.7 Å². The predicted octanol–water partition coefficient (Wildman–Crippen LogP) is -11.6. The Morgan fingerprint density at radius 3 is 1.85 bits per heavy atom. The Labute approximate surface area is 559 Å². The standard InChI is InChI=1S/C60H88N12O26/c1-23(2)9-14-36(78)97-50-43(82)33(21-75)95-58(48(50)87)98-49-34(22-76)96-57(47(86)45(49)84)93-27-12-10-25(11-13-27)15-28-52(89)70-38(40(79)29-16-64-59(61)68-29)55(92)71-39(41(80)31-17-65-60(62)72(31)56-46(85)44(83)42(81)32(20-74)94-56)54(91)67-30(19-73)51(88)63-18-35(77)69-37(53(90)66-28)24(3)26-7-5-4-6-8-26/h4-8,10-13,23-24,28-34,37-50,56-58,73-76,79-87H,9,14-22H2,1-3H3,(H2,62,65)(H,63,88)(H,66,90)(H,67,91)(H,69,77)(H,70,89)(H,71,92)(H3,61,64,68)/t24?,28-,29?,30+,31?,32-,33-,34-,37+,38+,39-,40?,41?,42-,43-,44+,45-,46+,47+,48+,49-,50+,56+,57+,58-/m1/s1. The van der Waals surface area contributed by atoms with E-state index >= 15 is 9.59 Å². The van der Waals surface area contributed by atoms with Crippen molar-refractivity contribution in [1.82, 2.24) is 42.1 Å². The number of nitrogens with zero attached hydrogens (tertiary/aromatic N) is 3. The van der Waals surface area contributed by atoms with Crippen LogP contribution in [0.3, 0.4) is 0 Å². The van der Waals surface area contributed by atoms with E-state index in [1.54, 1.807) is 37.3 Å². The number of aliphatic hydroxyl groups is 13. The molecule has 0 saturated carbocycles. The molecule has 38 heteroatoms. The number of benzene rings is 2. The van der Waals surface area contributed by atoms with E-state index in [1.165, 1.54) is 24.3 Å². The Hall–Kier alpha value is -7.61. The number of hydrogen-bond acceptors (Lipinski definition) is 32. The number of ether oxygens (including phenoxy) is 6. The fourth-order valence-electron chi connectivity index (χ4n) is 11.9. The molecule has 544 valence electrons. The molecule has 38 nitrogen and oxygen atoms in total. The molecule has 0 aliphatic carbocycles. The molecule has 24 N–H and O–H groups in total. The molecule has 0 spiro atoms. The highest BCUT2D eigenvalue weighted by Crippen LogP contribution is 2.33. The lowest BCUT2D eigenvalue weighted by Crippen LogP contribution is -2.70. The van der Waals surface area contributed by atoms with Gasteiger partial charge in [0.05, 0.1) is 58.1 Å². The number of nitrogens with two attached hydrogens (primary N) is 2. The van der Waals surface area contributed by atoms with Crippen molar-refractivity contribution in [2.75, 3.05) is 46.1 Å². The zero-order valence-electron chi connectivity index (χ0n) is 53.4. The third kappa shape index (κ3) is 17.9. The molecule has 4 fully saturated rings. The lowest BCUT2D eigenvalue weighted by molar-refractivity contribution is -0.353. The SMILES string of the molecule is CC(C)CCC(=O)O[C@@H]1[C@H](O)[C@@H](O[C@H]2[C@H](O)[C@H](O)[C@@H](Oc3ccc(C[C@H]4NC(=O)[C@H](C(C)c5ccccc5)NC(=O)CNC(=O)[C@H](CO)NC(=O)[C@@H](C(O)C5CN=C(N)N5[C@H]5O[C@H](CO)[C@@H](O)[C@H](O)[C@@H]5O)NC(=O)[C@H](C(O)C5CN=C(N)N5)NC4=O)cc3)O[C@@H]2CO)O[C@H](CO)[C@H]1O. The Morgan fingerprint density at radius 1 is 0.602 bits per heavy atom. The molecule has 4 saturated heterocycles. The van der Waals surface area contributed by atoms with Gasteiger partial charge in [0.1, 0.15) is 115 Å². The maximum atomic E-state index is 15.2. The second-order valence-corrected chi connectivity index (χ2v) is 25.0. The van der Waals surface area contributed by atoms with E-state index in [4.69, 9.17) is 39.9 Å². The molecule has 6 amide bonds.